The predicted octanol–water partition coefficient (Wildman–Crippen LogP) is 0.488. The maximum absolute atomic E-state index is 10.6. The summed E-state index contributed by atoms with van der Waals surface area (Å²) in [6.45, 7) is -0.0148. The van der Waals surface area contributed by atoms with Crippen molar-refractivity contribution in [1.82, 2.24) is 0 Å². The van der Waals surface area contributed by atoms with Crippen molar-refractivity contribution >= 4 is 13.5 Å². The first-order chi connectivity index (χ1) is 5.24. The van der Waals surface area contributed by atoms with Gasteiger partial charge in [0.25, 0.3) is 0 Å². The molecule has 0 saturated carbocycles. The number of aliphatic hydroxyl groups excluding tert-OH is 1. The first-order valence-electron chi connectivity index (χ1n) is 3.23. The second-order valence-corrected chi connectivity index (χ2v) is 2.22. The van der Waals surface area contributed by atoms with E-state index in [4.69, 9.17) is 13.0 Å². The van der Waals surface area contributed by atoms with E-state index in [1.54, 1.807) is 24.3 Å². The fourth-order valence-electron chi connectivity index (χ4n) is 0.774. The molecule has 2 nitrogen and oxygen atoms in total. The number of hydrogen-bond donors (Lipinski definition) is 1. The molecular formula is C8H7BO2. The second-order valence-electron chi connectivity index (χ2n) is 2.22. The fourth-order valence-corrected chi connectivity index (χ4v) is 0.774. The standard InChI is InChI=1S/C8H7BO2/c9-8(11)7-3-1-6(5-10)2-4-7/h1-4,10H,5H2. The molecule has 1 rings (SSSR count). The largest absolute Gasteiger partial charge is 0.392 e. The molecule has 0 aromatic heterocycles. The van der Waals surface area contributed by atoms with Crippen LogP contribution in [0.1, 0.15) is 15.9 Å². The molecule has 0 atom stereocenters. The van der Waals surface area contributed by atoms with E-state index >= 15 is 0 Å². The van der Waals surface area contributed by atoms with Gasteiger partial charge in [0.05, 0.1) is 6.61 Å². The summed E-state index contributed by atoms with van der Waals surface area (Å²) in [6.07, 6.45) is 0. The summed E-state index contributed by atoms with van der Waals surface area (Å²) in [5.74, 6) is 0. The molecule has 1 aromatic rings. The lowest BCUT2D eigenvalue weighted by Gasteiger charge is -1.97. The highest BCUT2D eigenvalue weighted by atomic mass is 16.3. The summed E-state index contributed by atoms with van der Waals surface area (Å²) in [5.41, 5.74) is 0.784. The van der Waals surface area contributed by atoms with Crippen molar-refractivity contribution in [2.75, 3.05) is 0 Å². The van der Waals surface area contributed by atoms with Crippen LogP contribution in [-0.2, 0) is 6.61 Å². The van der Waals surface area contributed by atoms with E-state index in [9.17, 15) is 4.79 Å². The van der Waals surface area contributed by atoms with E-state index < -0.39 is 5.68 Å². The Bertz CT molecular complexity index is 253. The highest BCUT2D eigenvalue weighted by Crippen LogP contribution is 2.03. The highest BCUT2D eigenvalue weighted by molar-refractivity contribution is 6.62. The molecule has 54 valence electrons. The molecule has 0 amide bonds. The van der Waals surface area contributed by atoms with Crippen LogP contribution in [0.2, 0.25) is 0 Å². The molecule has 0 saturated heterocycles. The molecule has 0 bridgehead atoms. The smallest absolute Gasteiger partial charge is 0.175 e. The van der Waals surface area contributed by atoms with Gasteiger partial charge in [-0.05, 0) is 5.56 Å². The molecule has 2 radical (unpaired) electrons. The molecule has 3 heteroatoms. The zero-order valence-corrected chi connectivity index (χ0v) is 5.95. The van der Waals surface area contributed by atoms with Gasteiger partial charge in [-0.3, -0.25) is 0 Å². The molecule has 0 heterocycles. The summed E-state index contributed by atoms with van der Waals surface area (Å²) in [5, 5.41) is 8.65. The summed E-state index contributed by atoms with van der Waals surface area (Å²) >= 11 is 0. The van der Waals surface area contributed by atoms with Crippen LogP contribution >= 0.6 is 0 Å². The summed E-state index contributed by atoms with van der Waals surface area (Å²) in [6, 6.07) is 6.52. The van der Waals surface area contributed by atoms with Crippen molar-refractivity contribution in [3.05, 3.63) is 35.4 Å². The Morgan fingerprint density at radius 3 is 2.27 bits per heavy atom. The minimum atomic E-state index is -0.450. The molecule has 11 heavy (non-hydrogen) atoms. The lowest BCUT2D eigenvalue weighted by atomic mass is 9.94. The minimum absolute atomic E-state index is 0.0148. The molecule has 0 spiro atoms. The molecule has 0 aliphatic carbocycles. The summed E-state index contributed by atoms with van der Waals surface area (Å²) in [4.78, 5) is 10.6. The number of benzene rings is 1. The van der Waals surface area contributed by atoms with Gasteiger partial charge < -0.3 is 9.90 Å². The number of rotatable bonds is 2. The van der Waals surface area contributed by atoms with Gasteiger partial charge in [-0.15, -0.1) is 0 Å². The SMILES string of the molecule is [B]C(=O)c1ccc(CO)cc1. The van der Waals surface area contributed by atoms with Crippen molar-refractivity contribution in [3.8, 4) is 0 Å². The lowest BCUT2D eigenvalue weighted by molar-refractivity contribution is 0.108. The van der Waals surface area contributed by atoms with Crippen molar-refractivity contribution < 1.29 is 9.90 Å². The highest BCUT2D eigenvalue weighted by Gasteiger charge is 1.96. The van der Waals surface area contributed by atoms with Gasteiger partial charge >= 0.3 is 0 Å². The third kappa shape index (κ3) is 1.92. The average Bonchev–Trinajstić information content (AvgIpc) is 2.05. The normalized spacial score (nSPS) is 9.55. The first-order valence-corrected chi connectivity index (χ1v) is 3.23. The summed E-state index contributed by atoms with van der Waals surface area (Å²) in [7, 11) is 5.00. The Morgan fingerprint density at radius 2 is 1.91 bits per heavy atom. The van der Waals surface area contributed by atoms with E-state index in [0.29, 0.717) is 5.56 Å². The van der Waals surface area contributed by atoms with E-state index in [0.717, 1.165) is 5.56 Å². The Morgan fingerprint density at radius 1 is 1.36 bits per heavy atom. The number of hydrogen-bond acceptors (Lipinski definition) is 2. The third-order valence-corrected chi connectivity index (χ3v) is 1.42. The zero-order chi connectivity index (χ0) is 8.27. The summed E-state index contributed by atoms with van der Waals surface area (Å²) < 4.78 is 0. The molecule has 1 aromatic carbocycles. The van der Waals surface area contributed by atoms with Gasteiger partial charge in [-0.25, -0.2) is 0 Å². The van der Waals surface area contributed by atoms with Crippen LogP contribution in [0.4, 0.5) is 0 Å². The number of aliphatic hydroxyl groups is 1. The quantitative estimate of drug-likeness (QED) is 0.616. The Balaban J connectivity index is 2.91. The van der Waals surface area contributed by atoms with Crippen LogP contribution in [0.5, 0.6) is 0 Å². The van der Waals surface area contributed by atoms with Crippen LogP contribution in [0.3, 0.4) is 0 Å². The van der Waals surface area contributed by atoms with Gasteiger partial charge in [0.15, 0.2) is 7.85 Å². The van der Waals surface area contributed by atoms with Crippen LogP contribution in [-0.4, -0.2) is 18.6 Å². The second kappa shape index (κ2) is 3.35. The molecule has 0 aliphatic heterocycles. The third-order valence-electron chi connectivity index (χ3n) is 1.42. The van der Waals surface area contributed by atoms with Crippen LogP contribution in [0.25, 0.3) is 0 Å². The van der Waals surface area contributed by atoms with Gasteiger partial charge in [0.2, 0.25) is 0 Å². The van der Waals surface area contributed by atoms with Crippen molar-refractivity contribution in [3.63, 3.8) is 0 Å². The van der Waals surface area contributed by atoms with E-state index in [1.807, 2.05) is 0 Å². The van der Waals surface area contributed by atoms with Gasteiger partial charge in [0.1, 0.15) is 5.68 Å². The number of carbonyl (C=O) groups is 1. The van der Waals surface area contributed by atoms with E-state index in [1.165, 1.54) is 0 Å². The first kappa shape index (κ1) is 8.02. The maximum Gasteiger partial charge on any atom is 0.175 e. The van der Waals surface area contributed by atoms with Gasteiger partial charge in [-0.2, -0.15) is 0 Å². The Hall–Kier alpha value is -1.09. The van der Waals surface area contributed by atoms with Crippen LogP contribution in [0, 0.1) is 0 Å². The van der Waals surface area contributed by atoms with Gasteiger partial charge in [-0.1, -0.05) is 24.3 Å². The molecular weight excluding hydrogens is 139 g/mol. The van der Waals surface area contributed by atoms with Crippen LogP contribution in [0.15, 0.2) is 24.3 Å². The zero-order valence-electron chi connectivity index (χ0n) is 5.95. The Labute approximate surface area is 66.3 Å². The topological polar surface area (TPSA) is 37.3 Å². The molecule has 0 unspecified atom stereocenters. The van der Waals surface area contributed by atoms with Crippen molar-refractivity contribution in [2.45, 2.75) is 6.61 Å². The average molecular weight is 146 g/mol. The molecule has 0 aliphatic rings. The van der Waals surface area contributed by atoms with Gasteiger partial charge in [0, 0.05) is 5.56 Å². The maximum atomic E-state index is 10.6. The van der Waals surface area contributed by atoms with Crippen molar-refractivity contribution in [2.24, 2.45) is 0 Å². The van der Waals surface area contributed by atoms with E-state index in [-0.39, 0.29) is 6.61 Å². The lowest BCUT2D eigenvalue weighted by Crippen LogP contribution is -1.96. The number of carbonyl (C=O) groups excluding carboxylic acids is 1. The van der Waals surface area contributed by atoms with Crippen molar-refractivity contribution in [1.29, 1.82) is 0 Å². The molecule has 1 N–H and O–H groups in total. The fraction of sp³-hybridized carbons (Fsp3) is 0.125. The predicted molar refractivity (Wildman–Crippen MR) is 42.4 cm³/mol. The molecule has 0 fully saturated rings. The monoisotopic (exact) mass is 146 g/mol. The van der Waals surface area contributed by atoms with Crippen LogP contribution < -0.4 is 0 Å². The Kier molecular flexibility index (Phi) is 2.44. The van der Waals surface area contributed by atoms with E-state index in [2.05, 4.69) is 0 Å². The minimum Gasteiger partial charge on any atom is -0.392 e.